The zero-order chi connectivity index (χ0) is 19.7. The average molecular weight is 376 g/mol. The molecule has 0 unspecified atom stereocenters. The number of nitrogens with zero attached hydrogens (tertiary/aromatic N) is 3. The molecule has 146 valence electrons. The van der Waals surface area contributed by atoms with Gasteiger partial charge in [0.15, 0.2) is 5.82 Å². The second kappa shape index (κ2) is 7.51. The minimum absolute atomic E-state index is 0.148. The Balaban J connectivity index is 1.74. The maximum absolute atomic E-state index is 5.04. The van der Waals surface area contributed by atoms with Gasteiger partial charge in [-0.25, -0.2) is 9.97 Å². The molecule has 0 saturated carbocycles. The Morgan fingerprint density at radius 2 is 1.61 bits per heavy atom. The number of nitrogens with one attached hydrogen (secondary N) is 1. The summed E-state index contributed by atoms with van der Waals surface area (Å²) in [5, 5.41) is 1.15. The van der Waals surface area contributed by atoms with Crippen molar-refractivity contribution in [3.05, 3.63) is 54.1 Å². The molecule has 1 N–H and O–H groups in total. The molecule has 0 amide bonds. The standard InChI is InChI=1S/C24H30N4/c1-5-27-14-16-28(17-15-27)23-20-8-6-7-9-21(20)25-22(26-23)18-10-12-19(13-11-18)24(2,3)4/h6-13H,5,14-17H2,1-4H3/p+1. The number of anilines is 1. The maximum atomic E-state index is 5.04. The predicted molar refractivity (Wildman–Crippen MR) is 117 cm³/mol. The quantitative estimate of drug-likeness (QED) is 0.762. The number of para-hydroxylation sites is 1. The van der Waals surface area contributed by atoms with Gasteiger partial charge >= 0.3 is 0 Å². The van der Waals surface area contributed by atoms with E-state index in [1.165, 1.54) is 25.2 Å². The molecule has 28 heavy (non-hydrogen) atoms. The highest BCUT2D eigenvalue weighted by atomic mass is 15.3. The van der Waals surface area contributed by atoms with E-state index in [0.717, 1.165) is 41.2 Å². The van der Waals surface area contributed by atoms with Crippen LogP contribution in [0.4, 0.5) is 5.82 Å². The van der Waals surface area contributed by atoms with Crippen molar-refractivity contribution in [2.75, 3.05) is 37.6 Å². The number of hydrogen-bond donors (Lipinski definition) is 1. The number of aromatic nitrogens is 2. The van der Waals surface area contributed by atoms with Crippen molar-refractivity contribution in [1.82, 2.24) is 9.97 Å². The number of rotatable bonds is 3. The van der Waals surface area contributed by atoms with Crippen molar-refractivity contribution in [2.24, 2.45) is 0 Å². The lowest BCUT2D eigenvalue weighted by Crippen LogP contribution is -3.14. The van der Waals surface area contributed by atoms with E-state index in [9.17, 15) is 0 Å². The van der Waals surface area contributed by atoms with Crippen molar-refractivity contribution in [3.8, 4) is 11.4 Å². The van der Waals surface area contributed by atoms with Crippen LogP contribution >= 0.6 is 0 Å². The van der Waals surface area contributed by atoms with Gasteiger partial charge in [-0.05, 0) is 30.0 Å². The van der Waals surface area contributed by atoms with Crippen molar-refractivity contribution in [1.29, 1.82) is 0 Å². The number of hydrogen-bond acceptors (Lipinski definition) is 3. The summed E-state index contributed by atoms with van der Waals surface area (Å²) in [6.45, 7) is 14.6. The van der Waals surface area contributed by atoms with Crippen LogP contribution in [0, 0.1) is 0 Å². The van der Waals surface area contributed by atoms with E-state index in [1.54, 1.807) is 4.90 Å². The van der Waals surface area contributed by atoms with Gasteiger partial charge in [0.1, 0.15) is 5.82 Å². The highest BCUT2D eigenvalue weighted by molar-refractivity contribution is 5.91. The minimum atomic E-state index is 0.148. The molecule has 1 saturated heterocycles. The smallest absolute Gasteiger partial charge is 0.162 e. The summed E-state index contributed by atoms with van der Waals surface area (Å²) in [5.41, 5.74) is 3.58. The Kier molecular flexibility index (Phi) is 5.07. The monoisotopic (exact) mass is 375 g/mol. The summed E-state index contributed by atoms with van der Waals surface area (Å²) in [5.74, 6) is 1.90. The van der Waals surface area contributed by atoms with Crippen LogP contribution in [0.5, 0.6) is 0 Å². The number of likely N-dealkylation sites (N-methyl/N-ethyl adjacent to an activating group) is 1. The number of fused-ring (bicyclic) bond motifs is 1. The molecule has 4 nitrogen and oxygen atoms in total. The van der Waals surface area contributed by atoms with E-state index in [4.69, 9.17) is 9.97 Å². The molecule has 1 aliphatic heterocycles. The Morgan fingerprint density at radius 3 is 2.25 bits per heavy atom. The summed E-state index contributed by atoms with van der Waals surface area (Å²) in [4.78, 5) is 14.0. The first-order valence-corrected chi connectivity index (χ1v) is 10.4. The molecule has 0 aliphatic carbocycles. The molecule has 3 aromatic rings. The summed E-state index contributed by atoms with van der Waals surface area (Å²) in [6, 6.07) is 17.1. The molecule has 0 spiro atoms. The van der Waals surface area contributed by atoms with Gasteiger partial charge in [-0.1, -0.05) is 57.2 Å². The van der Waals surface area contributed by atoms with Crippen LogP contribution in [0.3, 0.4) is 0 Å². The number of quaternary nitrogens is 1. The molecule has 1 aromatic heterocycles. The van der Waals surface area contributed by atoms with Crippen LogP contribution in [-0.4, -0.2) is 42.7 Å². The van der Waals surface area contributed by atoms with E-state index < -0.39 is 0 Å². The van der Waals surface area contributed by atoms with Crippen LogP contribution in [-0.2, 0) is 5.41 Å². The van der Waals surface area contributed by atoms with Crippen LogP contribution in [0.25, 0.3) is 22.3 Å². The van der Waals surface area contributed by atoms with E-state index in [1.807, 2.05) is 0 Å². The SMILES string of the molecule is CC[NH+]1CCN(c2nc(-c3ccc(C(C)(C)C)cc3)nc3ccccc23)CC1. The number of benzene rings is 2. The van der Waals surface area contributed by atoms with Gasteiger partial charge in [0.25, 0.3) is 0 Å². The lowest BCUT2D eigenvalue weighted by atomic mass is 9.87. The molecule has 4 rings (SSSR count). The van der Waals surface area contributed by atoms with Crippen LogP contribution < -0.4 is 9.80 Å². The van der Waals surface area contributed by atoms with Crippen LogP contribution in [0.2, 0.25) is 0 Å². The van der Waals surface area contributed by atoms with Crippen molar-refractivity contribution in [2.45, 2.75) is 33.1 Å². The second-order valence-electron chi connectivity index (χ2n) is 8.81. The zero-order valence-electron chi connectivity index (χ0n) is 17.5. The van der Waals surface area contributed by atoms with Crippen molar-refractivity contribution < 1.29 is 4.90 Å². The average Bonchev–Trinajstić information content (AvgIpc) is 2.72. The van der Waals surface area contributed by atoms with Gasteiger partial charge in [0.2, 0.25) is 0 Å². The molecule has 0 bridgehead atoms. The second-order valence-corrected chi connectivity index (χ2v) is 8.81. The molecule has 1 fully saturated rings. The number of piperazine rings is 1. The van der Waals surface area contributed by atoms with Gasteiger partial charge < -0.3 is 9.80 Å². The molecule has 0 atom stereocenters. The minimum Gasteiger partial charge on any atom is -0.345 e. The lowest BCUT2D eigenvalue weighted by Gasteiger charge is -2.33. The first-order valence-electron chi connectivity index (χ1n) is 10.4. The van der Waals surface area contributed by atoms with Gasteiger partial charge in [-0.15, -0.1) is 0 Å². The Hall–Kier alpha value is -2.46. The topological polar surface area (TPSA) is 33.5 Å². The van der Waals surface area contributed by atoms with E-state index >= 15 is 0 Å². The van der Waals surface area contributed by atoms with Crippen molar-refractivity contribution >= 4 is 16.7 Å². The van der Waals surface area contributed by atoms with Gasteiger partial charge in [-0.3, -0.25) is 0 Å². The summed E-state index contributed by atoms with van der Waals surface area (Å²) in [6.07, 6.45) is 0. The molecule has 2 heterocycles. The fraction of sp³-hybridized carbons (Fsp3) is 0.417. The first-order chi connectivity index (χ1) is 13.5. The normalized spacial score (nSPS) is 15.9. The summed E-state index contributed by atoms with van der Waals surface area (Å²) < 4.78 is 0. The zero-order valence-corrected chi connectivity index (χ0v) is 17.5. The molecule has 1 aliphatic rings. The third kappa shape index (κ3) is 3.74. The molecule has 0 radical (unpaired) electrons. The Labute approximate surface area is 168 Å². The largest absolute Gasteiger partial charge is 0.345 e. The van der Waals surface area contributed by atoms with E-state index in [-0.39, 0.29) is 5.41 Å². The first kappa shape index (κ1) is 18.9. The van der Waals surface area contributed by atoms with E-state index in [2.05, 4.69) is 81.1 Å². The highest BCUT2D eigenvalue weighted by Crippen LogP contribution is 2.29. The van der Waals surface area contributed by atoms with Gasteiger partial charge in [0, 0.05) is 10.9 Å². The van der Waals surface area contributed by atoms with Crippen molar-refractivity contribution in [3.63, 3.8) is 0 Å². The molecule has 4 heteroatoms. The van der Waals surface area contributed by atoms with Crippen LogP contribution in [0.1, 0.15) is 33.3 Å². The third-order valence-electron chi connectivity index (χ3n) is 5.86. The van der Waals surface area contributed by atoms with Gasteiger partial charge in [0.05, 0.1) is 38.2 Å². The van der Waals surface area contributed by atoms with Crippen LogP contribution in [0.15, 0.2) is 48.5 Å². The van der Waals surface area contributed by atoms with E-state index in [0.29, 0.717) is 0 Å². The summed E-state index contributed by atoms with van der Waals surface area (Å²) >= 11 is 0. The molecule has 2 aromatic carbocycles. The third-order valence-corrected chi connectivity index (χ3v) is 5.86. The Bertz CT molecular complexity index is 948. The Morgan fingerprint density at radius 1 is 0.929 bits per heavy atom. The van der Waals surface area contributed by atoms with Gasteiger partial charge in [-0.2, -0.15) is 0 Å². The highest BCUT2D eigenvalue weighted by Gasteiger charge is 2.22. The predicted octanol–water partition coefficient (Wildman–Crippen LogP) is 3.32. The fourth-order valence-corrected chi connectivity index (χ4v) is 3.94. The molecular formula is C24H31N4+. The fourth-order valence-electron chi connectivity index (χ4n) is 3.94. The summed E-state index contributed by atoms with van der Waals surface area (Å²) in [7, 11) is 0. The molecular weight excluding hydrogens is 344 g/mol. The maximum Gasteiger partial charge on any atom is 0.162 e. The lowest BCUT2D eigenvalue weighted by molar-refractivity contribution is -0.898.